The van der Waals surface area contributed by atoms with Gasteiger partial charge in [0.05, 0.1) is 24.0 Å². The van der Waals surface area contributed by atoms with E-state index >= 15 is 0 Å². The number of methoxy groups -OCH3 is 1. The Bertz CT molecular complexity index is 781. The Labute approximate surface area is 160 Å². The van der Waals surface area contributed by atoms with Crippen LogP contribution < -0.4 is 4.74 Å². The minimum atomic E-state index is -1.93. The van der Waals surface area contributed by atoms with Crippen LogP contribution in [0.2, 0.25) is 0 Å². The fraction of sp³-hybridized carbons (Fsp3) is 0.400. The second kappa shape index (κ2) is 8.08. The summed E-state index contributed by atoms with van der Waals surface area (Å²) < 4.78 is 24.0. The van der Waals surface area contributed by atoms with E-state index < -0.39 is 40.1 Å². The second-order valence-electron chi connectivity index (χ2n) is 6.74. The predicted octanol–water partition coefficient (Wildman–Crippen LogP) is 1.24. The van der Waals surface area contributed by atoms with Crippen molar-refractivity contribution in [3.8, 4) is 5.75 Å². The topological polar surface area (TPSA) is 96.2 Å². The molecule has 0 spiro atoms. The Morgan fingerprint density at radius 1 is 1.11 bits per heavy atom. The lowest BCUT2D eigenvalue weighted by Crippen LogP contribution is -2.67. The predicted molar refractivity (Wildman–Crippen MR) is 101 cm³/mol. The third kappa shape index (κ3) is 3.93. The molecule has 0 radical (unpaired) electrons. The molecule has 1 saturated heterocycles. The smallest absolute Gasteiger partial charge is 0.169 e. The number of aliphatic hydroxyl groups is 3. The molecule has 3 rings (SSSR count). The average Bonchev–Trinajstić information content (AvgIpc) is 2.70. The summed E-state index contributed by atoms with van der Waals surface area (Å²) in [6.45, 7) is 1.58. The second-order valence-corrected chi connectivity index (χ2v) is 8.23. The Morgan fingerprint density at radius 2 is 1.74 bits per heavy atom. The first kappa shape index (κ1) is 20.0. The Kier molecular flexibility index (Phi) is 5.98. The largest absolute Gasteiger partial charge is 0.497 e. The molecule has 2 aromatic rings. The lowest BCUT2D eigenvalue weighted by atomic mass is 9.83. The van der Waals surface area contributed by atoms with Crippen molar-refractivity contribution in [2.45, 2.75) is 47.6 Å². The van der Waals surface area contributed by atoms with Crippen molar-refractivity contribution < 1.29 is 29.0 Å². The first-order valence-corrected chi connectivity index (χ1v) is 9.90. The van der Waals surface area contributed by atoms with Crippen molar-refractivity contribution in [2.75, 3.05) is 7.11 Å². The third-order valence-electron chi connectivity index (χ3n) is 4.88. The van der Waals surface area contributed by atoms with E-state index in [1.807, 2.05) is 0 Å². The molecule has 1 fully saturated rings. The van der Waals surface area contributed by atoms with Gasteiger partial charge in [-0.15, -0.1) is 0 Å². The Balaban J connectivity index is 1.96. The first-order chi connectivity index (χ1) is 12.9. The summed E-state index contributed by atoms with van der Waals surface area (Å²) in [7, 11) is -0.190. The van der Waals surface area contributed by atoms with Gasteiger partial charge in [-0.3, -0.25) is 4.21 Å². The normalized spacial score (nSPS) is 32.0. The van der Waals surface area contributed by atoms with Crippen molar-refractivity contribution in [2.24, 2.45) is 0 Å². The van der Waals surface area contributed by atoms with E-state index in [1.165, 1.54) is 0 Å². The molecule has 0 bridgehead atoms. The number of hydrogen-bond acceptors (Lipinski definition) is 6. The molecule has 146 valence electrons. The molecule has 27 heavy (non-hydrogen) atoms. The standard InChI is InChI=1S/C20H24O6S/c1-13-17(21)18(22)20(23,12-14-8-10-15(25-2)11-9-14)19(26-13)27(24)16-6-4-3-5-7-16/h3-11,13,17-19,21-23H,12H2,1-2H3/t13-,17+,18+,19+,20-,27?/m1/s1. The molecule has 1 aliphatic rings. The SMILES string of the molecule is COc1ccc(C[C@@]2(O)[C@@H](O)[C@@H](O)[C@@H](C)O[C@H]2S(=O)c2ccccc2)cc1. The van der Waals surface area contributed by atoms with Gasteiger partial charge in [-0.2, -0.15) is 0 Å². The first-order valence-electron chi connectivity index (χ1n) is 8.69. The summed E-state index contributed by atoms with van der Waals surface area (Å²) in [5, 5.41) is 32.3. The van der Waals surface area contributed by atoms with Crippen LogP contribution in [0.4, 0.5) is 0 Å². The highest BCUT2D eigenvalue weighted by molar-refractivity contribution is 7.85. The maximum absolute atomic E-state index is 13.1. The zero-order valence-electron chi connectivity index (χ0n) is 15.2. The van der Waals surface area contributed by atoms with E-state index in [4.69, 9.17) is 9.47 Å². The average molecular weight is 392 g/mol. The summed E-state index contributed by atoms with van der Waals surface area (Å²) in [5.41, 5.74) is -2.44. The van der Waals surface area contributed by atoms with E-state index in [0.717, 1.165) is 0 Å². The van der Waals surface area contributed by atoms with Gasteiger partial charge in [0.25, 0.3) is 0 Å². The van der Waals surface area contributed by atoms with Crippen LogP contribution in [0.3, 0.4) is 0 Å². The molecule has 1 unspecified atom stereocenters. The van der Waals surface area contributed by atoms with Crippen molar-refractivity contribution in [3.63, 3.8) is 0 Å². The summed E-state index contributed by atoms with van der Waals surface area (Å²) in [6.07, 6.45) is -3.61. The summed E-state index contributed by atoms with van der Waals surface area (Å²) >= 11 is 0. The lowest BCUT2D eigenvalue weighted by Gasteiger charge is -2.47. The number of benzene rings is 2. The lowest BCUT2D eigenvalue weighted by molar-refractivity contribution is -0.242. The zero-order chi connectivity index (χ0) is 19.6. The number of rotatable bonds is 5. The van der Waals surface area contributed by atoms with Crippen LogP contribution in [0.25, 0.3) is 0 Å². The van der Waals surface area contributed by atoms with Crippen molar-refractivity contribution in [1.82, 2.24) is 0 Å². The van der Waals surface area contributed by atoms with Gasteiger partial charge in [0, 0.05) is 11.3 Å². The molecule has 3 N–H and O–H groups in total. The fourth-order valence-corrected chi connectivity index (χ4v) is 4.80. The molecule has 0 saturated carbocycles. The molecule has 0 amide bonds. The van der Waals surface area contributed by atoms with Gasteiger partial charge in [-0.1, -0.05) is 30.3 Å². The van der Waals surface area contributed by atoms with Crippen LogP contribution in [0.1, 0.15) is 12.5 Å². The minimum Gasteiger partial charge on any atom is -0.497 e. The number of aliphatic hydroxyl groups excluding tert-OH is 2. The monoisotopic (exact) mass is 392 g/mol. The van der Waals surface area contributed by atoms with Gasteiger partial charge < -0.3 is 24.8 Å². The number of hydrogen-bond donors (Lipinski definition) is 3. The Morgan fingerprint density at radius 3 is 2.33 bits per heavy atom. The van der Waals surface area contributed by atoms with Gasteiger partial charge in [0.2, 0.25) is 0 Å². The van der Waals surface area contributed by atoms with Crippen molar-refractivity contribution in [1.29, 1.82) is 0 Å². The molecular formula is C20H24O6S. The zero-order valence-corrected chi connectivity index (χ0v) is 16.0. The van der Waals surface area contributed by atoms with Gasteiger partial charge in [-0.05, 0) is 36.8 Å². The summed E-state index contributed by atoms with van der Waals surface area (Å²) in [4.78, 5) is 0.478. The summed E-state index contributed by atoms with van der Waals surface area (Å²) in [6, 6.07) is 15.6. The van der Waals surface area contributed by atoms with Crippen LogP contribution >= 0.6 is 0 Å². The summed E-state index contributed by atoms with van der Waals surface area (Å²) in [5.74, 6) is 0.657. The van der Waals surface area contributed by atoms with Crippen molar-refractivity contribution >= 4 is 10.8 Å². The van der Waals surface area contributed by atoms with E-state index in [0.29, 0.717) is 16.2 Å². The van der Waals surface area contributed by atoms with E-state index in [-0.39, 0.29) is 6.42 Å². The molecular weight excluding hydrogens is 368 g/mol. The van der Waals surface area contributed by atoms with Crippen molar-refractivity contribution in [3.05, 3.63) is 60.2 Å². The molecule has 0 aliphatic carbocycles. The maximum atomic E-state index is 13.1. The minimum absolute atomic E-state index is 0.0365. The molecule has 0 aromatic heterocycles. The molecule has 1 heterocycles. The fourth-order valence-electron chi connectivity index (χ4n) is 3.26. The molecule has 6 atom stereocenters. The highest BCUT2D eigenvalue weighted by atomic mass is 32.2. The van der Waals surface area contributed by atoms with Crippen LogP contribution in [-0.2, 0) is 22.0 Å². The van der Waals surface area contributed by atoms with Crippen LogP contribution in [-0.4, -0.2) is 56.0 Å². The van der Waals surface area contributed by atoms with Crippen LogP contribution in [0, 0.1) is 0 Å². The van der Waals surface area contributed by atoms with E-state index in [2.05, 4.69) is 0 Å². The maximum Gasteiger partial charge on any atom is 0.169 e. The quantitative estimate of drug-likeness (QED) is 0.709. The van der Waals surface area contributed by atoms with Gasteiger partial charge in [0.1, 0.15) is 23.6 Å². The molecule has 2 aromatic carbocycles. The van der Waals surface area contributed by atoms with E-state index in [9.17, 15) is 19.5 Å². The van der Waals surface area contributed by atoms with E-state index in [1.54, 1.807) is 68.6 Å². The van der Waals surface area contributed by atoms with Gasteiger partial charge in [-0.25, -0.2) is 0 Å². The highest BCUT2D eigenvalue weighted by Gasteiger charge is 2.56. The molecule has 1 aliphatic heterocycles. The molecule has 7 heteroatoms. The van der Waals surface area contributed by atoms with Crippen LogP contribution in [0.15, 0.2) is 59.5 Å². The van der Waals surface area contributed by atoms with Crippen LogP contribution in [0.5, 0.6) is 5.75 Å². The Hall–Kier alpha value is -1.77. The molecule has 6 nitrogen and oxygen atoms in total. The van der Waals surface area contributed by atoms with Gasteiger partial charge >= 0.3 is 0 Å². The number of ether oxygens (including phenoxy) is 2. The highest BCUT2D eigenvalue weighted by Crippen LogP contribution is 2.36. The van der Waals surface area contributed by atoms with Gasteiger partial charge in [0.15, 0.2) is 5.44 Å². The third-order valence-corrected chi connectivity index (χ3v) is 6.52.